The zero-order valence-corrected chi connectivity index (χ0v) is 31.3. The van der Waals surface area contributed by atoms with E-state index in [1.54, 1.807) is 18.2 Å². The van der Waals surface area contributed by atoms with Gasteiger partial charge in [-0.05, 0) is 73.8 Å². The van der Waals surface area contributed by atoms with Crippen LogP contribution in [0.2, 0.25) is 0 Å². The molecule has 0 radical (unpaired) electrons. The number of esters is 4. The molecule has 0 bridgehead atoms. The lowest BCUT2D eigenvalue weighted by Crippen LogP contribution is -2.63. The van der Waals surface area contributed by atoms with Crippen LogP contribution in [0, 0.1) is 5.41 Å². The summed E-state index contributed by atoms with van der Waals surface area (Å²) in [6.45, 7) is 14.2. The van der Waals surface area contributed by atoms with E-state index in [-0.39, 0.29) is 24.0 Å². The highest BCUT2D eigenvalue weighted by Crippen LogP contribution is 2.40. The van der Waals surface area contributed by atoms with Gasteiger partial charge in [-0.2, -0.15) is 0 Å². The molecule has 51 heavy (non-hydrogen) atoms. The molecule has 0 N–H and O–H groups in total. The smallest absolute Gasteiger partial charge is 0.339 e. The van der Waals surface area contributed by atoms with Crippen molar-refractivity contribution in [1.82, 2.24) is 0 Å². The first-order valence-electron chi connectivity index (χ1n) is 17.3. The Hall–Kier alpha value is -4.57. The molecule has 276 valence electrons. The van der Waals surface area contributed by atoms with E-state index < -0.39 is 54.4 Å². The Bertz CT molecular complexity index is 1600. The number of rotatable bonds is 13. The van der Waals surface area contributed by atoms with Crippen LogP contribution in [0.4, 0.5) is 0 Å². The van der Waals surface area contributed by atoms with Crippen molar-refractivity contribution in [2.24, 2.45) is 5.41 Å². The lowest BCUT2D eigenvalue weighted by atomic mass is 9.72. The minimum Gasteiger partial charge on any atom is -0.467 e. The van der Waals surface area contributed by atoms with E-state index in [2.05, 4.69) is 39.8 Å². The van der Waals surface area contributed by atoms with Crippen LogP contribution >= 0.6 is 0 Å². The summed E-state index contributed by atoms with van der Waals surface area (Å²) in [6.07, 6.45) is 9.40. The summed E-state index contributed by atoms with van der Waals surface area (Å²) < 4.78 is 27.2. The topological polar surface area (TPSA) is 132 Å². The third-order valence-corrected chi connectivity index (χ3v) is 8.97. The van der Waals surface area contributed by atoms with Crippen molar-refractivity contribution in [3.05, 3.63) is 94.1 Å². The molecule has 0 amide bonds. The van der Waals surface area contributed by atoms with Crippen LogP contribution in [0.5, 0.6) is 0 Å². The van der Waals surface area contributed by atoms with Gasteiger partial charge in [0.25, 0.3) is 0 Å². The lowest BCUT2D eigenvalue weighted by molar-refractivity contribution is -0.248. The molecule has 5 atom stereocenters. The van der Waals surface area contributed by atoms with E-state index >= 15 is 0 Å². The minimum atomic E-state index is -1.45. The predicted molar refractivity (Wildman–Crippen MR) is 192 cm³/mol. The van der Waals surface area contributed by atoms with Crippen LogP contribution in [0.1, 0.15) is 85.8 Å². The second kappa shape index (κ2) is 18.6. The van der Waals surface area contributed by atoms with Gasteiger partial charge in [0.2, 0.25) is 0 Å². The first kappa shape index (κ1) is 40.9. The molecule has 1 aliphatic heterocycles. The molecule has 3 rings (SSSR count). The highest BCUT2D eigenvalue weighted by atomic mass is 16.7. The third-order valence-electron chi connectivity index (χ3n) is 8.97. The fourth-order valence-electron chi connectivity index (χ4n) is 6.58. The summed E-state index contributed by atoms with van der Waals surface area (Å²) in [6, 6.07) is 7.21. The van der Waals surface area contributed by atoms with Crippen LogP contribution in [-0.2, 0) is 60.5 Å². The van der Waals surface area contributed by atoms with Crippen LogP contribution in [0.25, 0.3) is 0 Å². The highest BCUT2D eigenvalue weighted by Gasteiger charge is 2.54. The number of carbonyl (C=O) groups is 5. The van der Waals surface area contributed by atoms with Gasteiger partial charge in [-0.1, -0.05) is 79.6 Å². The van der Waals surface area contributed by atoms with Gasteiger partial charge in [-0.3, -0.25) is 19.2 Å². The van der Waals surface area contributed by atoms with Crippen LogP contribution in [0.3, 0.4) is 0 Å². The van der Waals surface area contributed by atoms with Gasteiger partial charge in [0, 0.05) is 33.6 Å². The molecule has 1 aromatic carbocycles. The number of hydrogen-bond donors (Lipinski definition) is 0. The fraction of sp³-hybridized carbons (Fsp3) is 0.488. The summed E-state index contributed by atoms with van der Waals surface area (Å²) in [5, 5.41) is 0. The molecule has 1 aliphatic carbocycles. The van der Waals surface area contributed by atoms with Gasteiger partial charge >= 0.3 is 23.9 Å². The van der Waals surface area contributed by atoms with Gasteiger partial charge in [0.15, 0.2) is 30.2 Å². The molecule has 0 spiro atoms. The normalized spacial score (nSPS) is 24.0. The maximum atomic E-state index is 12.9. The zero-order chi connectivity index (χ0) is 37.9. The average molecular weight is 705 g/mol. The molecular formula is C41H52O10. The maximum Gasteiger partial charge on any atom is 0.339 e. The SMILES string of the molecule is COC(=O)C1O[C@@H](Cc2ccc(CC(=O)/C=C(C)/C=C/C=C(C)/C=C/C3=C(C)CCCC3(C)C)cc2)C(OC(C)=O)[C@@H](OC(C)=O)[C@@H]1OC(C)=O. The Morgan fingerprint density at radius 3 is 2.00 bits per heavy atom. The average Bonchev–Trinajstić information content (AvgIpc) is 3.03. The maximum absolute atomic E-state index is 12.9. The van der Waals surface area contributed by atoms with Crippen molar-refractivity contribution in [2.75, 3.05) is 7.11 Å². The third kappa shape index (κ3) is 12.3. The molecule has 1 fully saturated rings. The van der Waals surface area contributed by atoms with Crippen LogP contribution < -0.4 is 0 Å². The van der Waals surface area contributed by atoms with Crippen LogP contribution in [-0.4, -0.2) is 67.3 Å². The van der Waals surface area contributed by atoms with Crippen molar-refractivity contribution in [1.29, 1.82) is 0 Å². The molecule has 2 unspecified atom stereocenters. The van der Waals surface area contributed by atoms with Crippen molar-refractivity contribution in [3.63, 3.8) is 0 Å². The Kier molecular flexibility index (Phi) is 14.9. The van der Waals surface area contributed by atoms with Gasteiger partial charge in [-0.25, -0.2) is 4.79 Å². The second-order valence-electron chi connectivity index (χ2n) is 13.9. The Morgan fingerprint density at radius 1 is 0.824 bits per heavy atom. The predicted octanol–water partition coefficient (Wildman–Crippen LogP) is 6.61. The number of ether oxygens (including phenoxy) is 5. The second-order valence-corrected chi connectivity index (χ2v) is 13.9. The number of hydrogen-bond acceptors (Lipinski definition) is 10. The summed E-state index contributed by atoms with van der Waals surface area (Å²) >= 11 is 0. The molecule has 1 saturated heterocycles. The van der Waals surface area contributed by atoms with Crippen molar-refractivity contribution >= 4 is 29.7 Å². The van der Waals surface area contributed by atoms with E-state index in [9.17, 15) is 24.0 Å². The first-order chi connectivity index (χ1) is 24.0. The summed E-state index contributed by atoms with van der Waals surface area (Å²) in [5.74, 6) is -3.10. The highest BCUT2D eigenvalue weighted by molar-refractivity contribution is 5.92. The van der Waals surface area contributed by atoms with Gasteiger partial charge in [0.1, 0.15) is 6.10 Å². The molecular weight excluding hydrogens is 652 g/mol. The van der Waals surface area contributed by atoms with E-state index in [0.717, 1.165) is 49.7 Å². The van der Waals surface area contributed by atoms with E-state index in [1.807, 2.05) is 37.3 Å². The number of benzene rings is 1. The van der Waals surface area contributed by atoms with Gasteiger partial charge in [0.05, 0.1) is 7.11 Å². The molecule has 1 heterocycles. The molecule has 10 nitrogen and oxygen atoms in total. The standard InChI is InChI=1S/C41H52O10/c1-25(15-20-34-27(3)14-11-21-41(34,7)8)12-10-13-26(2)22-33(45)23-31-16-18-32(19-17-31)24-35-36(48-28(4)42)37(49-29(5)43)38(50-30(6)44)39(51-35)40(46)47-9/h10,12-13,15-20,22,35-39H,11,14,21,23-24H2,1-9H3/b13-10+,20-15+,25-12+,26-22+/t35-,36?,37+,38-,39?/m0/s1. The van der Waals surface area contributed by atoms with Crippen molar-refractivity contribution < 1.29 is 47.7 Å². The quantitative estimate of drug-likeness (QED) is 0.0957. The first-order valence-corrected chi connectivity index (χ1v) is 17.3. The lowest BCUT2D eigenvalue weighted by Gasteiger charge is -2.43. The van der Waals surface area contributed by atoms with E-state index in [1.165, 1.54) is 30.9 Å². The Morgan fingerprint density at radius 2 is 1.41 bits per heavy atom. The van der Waals surface area contributed by atoms with Gasteiger partial charge < -0.3 is 23.7 Å². The number of ketones is 1. The van der Waals surface area contributed by atoms with Crippen LogP contribution in [0.15, 0.2) is 83.0 Å². The fourth-order valence-corrected chi connectivity index (χ4v) is 6.58. The number of carbonyl (C=O) groups excluding carboxylic acids is 5. The largest absolute Gasteiger partial charge is 0.467 e. The van der Waals surface area contributed by atoms with Crippen molar-refractivity contribution in [2.45, 2.75) is 118 Å². The molecule has 0 aromatic heterocycles. The molecule has 10 heteroatoms. The number of methoxy groups -OCH3 is 1. The van der Waals surface area contributed by atoms with E-state index in [0.29, 0.717) is 0 Å². The minimum absolute atomic E-state index is 0.0559. The summed E-state index contributed by atoms with van der Waals surface area (Å²) in [5.41, 5.74) is 6.54. The Labute approximate surface area is 301 Å². The molecule has 2 aliphatic rings. The van der Waals surface area contributed by atoms with E-state index in [4.69, 9.17) is 23.7 Å². The molecule has 0 saturated carbocycles. The van der Waals surface area contributed by atoms with Crippen molar-refractivity contribution in [3.8, 4) is 0 Å². The Balaban J connectivity index is 1.70. The number of allylic oxidation sites excluding steroid dienone is 10. The monoisotopic (exact) mass is 704 g/mol. The summed E-state index contributed by atoms with van der Waals surface area (Å²) in [7, 11) is 1.14. The zero-order valence-electron chi connectivity index (χ0n) is 31.3. The summed E-state index contributed by atoms with van der Waals surface area (Å²) in [4.78, 5) is 61.6. The molecule has 1 aromatic rings. The van der Waals surface area contributed by atoms with Gasteiger partial charge in [-0.15, -0.1) is 0 Å².